The van der Waals surface area contributed by atoms with Crippen molar-refractivity contribution in [2.45, 2.75) is 45.1 Å². The third-order valence-corrected chi connectivity index (χ3v) is 4.96. The molecule has 2 aromatic heterocycles. The number of fused-ring (bicyclic) bond motifs is 1. The summed E-state index contributed by atoms with van der Waals surface area (Å²) in [6, 6.07) is 4.76. The molecular formula is C17H24N4. The number of hydrogen-bond acceptors (Lipinski definition) is 3. The summed E-state index contributed by atoms with van der Waals surface area (Å²) in [5, 5.41) is 0. The maximum absolute atomic E-state index is 4.90. The Hall–Kier alpha value is -1.42. The van der Waals surface area contributed by atoms with Crippen LogP contribution in [0.3, 0.4) is 0 Å². The fraction of sp³-hybridized carbons (Fsp3) is 0.647. The van der Waals surface area contributed by atoms with Crippen molar-refractivity contribution in [1.29, 1.82) is 0 Å². The average Bonchev–Trinajstić information content (AvgIpc) is 3.29. The second kappa shape index (κ2) is 5.41. The highest BCUT2D eigenvalue weighted by atomic mass is 15.2. The summed E-state index contributed by atoms with van der Waals surface area (Å²) in [6.45, 7) is 5.95. The number of piperidine rings is 1. The van der Waals surface area contributed by atoms with Crippen molar-refractivity contribution in [3.05, 3.63) is 24.2 Å². The summed E-state index contributed by atoms with van der Waals surface area (Å²) in [5.74, 6) is 2.03. The van der Waals surface area contributed by atoms with Crippen molar-refractivity contribution < 1.29 is 0 Å². The fourth-order valence-electron chi connectivity index (χ4n) is 3.70. The molecule has 4 nitrogen and oxygen atoms in total. The van der Waals surface area contributed by atoms with E-state index in [9.17, 15) is 0 Å². The van der Waals surface area contributed by atoms with Gasteiger partial charge < -0.3 is 9.47 Å². The maximum atomic E-state index is 4.90. The van der Waals surface area contributed by atoms with E-state index in [1.54, 1.807) is 0 Å². The number of hydrogen-bond donors (Lipinski definition) is 0. The van der Waals surface area contributed by atoms with Gasteiger partial charge in [0.25, 0.3) is 0 Å². The molecule has 0 radical (unpaired) electrons. The van der Waals surface area contributed by atoms with Crippen LogP contribution in [0.25, 0.3) is 11.2 Å². The lowest BCUT2D eigenvalue weighted by Gasteiger charge is -2.31. The van der Waals surface area contributed by atoms with Gasteiger partial charge in [-0.1, -0.05) is 6.92 Å². The zero-order chi connectivity index (χ0) is 14.2. The molecule has 2 aliphatic rings. The first-order chi connectivity index (χ1) is 10.3. The molecule has 1 aliphatic heterocycles. The van der Waals surface area contributed by atoms with Gasteiger partial charge in [0.05, 0.1) is 0 Å². The molecule has 112 valence electrons. The number of pyridine rings is 1. The van der Waals surface area contributed by atoms with Gasteiger partial charge in [0.1, 0.15) is 11.3 Å². The van der Waals surface area contributed by atoms with Gasteiger partial charge in [-0.15, -0.1) is 0 Å². The molecule has 1 saturated carbocycles. The average molecular weight is 284 g/mol. The first-order valence-electron chi connectivity index (χ1n) is 8.39. The Kier molecular flexibility index (Phi) is 3.42. The third-order valence-electron chi connectivity index (χ3n) is 4.96. The number of aromatic nitrogens is 3. The zero-order valence-electron chi connectivity index (χ0n) is 12.8. The van der Waals surface area contributed by atoms with E-state index in [0.29, 0.717) is 6.04 Å². The van der Waals surface area contributed by atoms with Crippen LogP contribution in [0.2, 0.25) is 0 Å². The van der Waals surface area contributed by atoms with Gasteiger partial charge in [0.2, 0.25) is 0 Å². The van der Waals surface area contributed by atoms with Gasteiger partial charge >= 0.3 is 0 Å². The number of rotatable bonds is 4. The van der Waals surface area contributed by atoms with Gasteiger partial charge in [-0.2, -0.15) is 0 Å². The minimum Gasteiger partial charge on any atom is -0.310 e. The van der Waals surface area contributed by atoms with E-state index in [0.717, 1.165) is 23.5 Å². The molecule has 21 heavy (non-hydrogen) atoms. The van der Waals surface area contributed by atoms with Crippen molar-refractivity contribution in [2.75, 3.05) is 19.6 Å². The molecule has 0 N–H and O–H groups in total. The standard InChI is InChI=1S/C17H24N4/c1-2-20-10-4-5-13(12-20)11-16-19-15-6-3-9-18-17(15)21(16)14-7-8-14/h3,6,9,13-14H,2,4-5,7-8,10-12H2,1H3. The van der Waals surface area contributed by atoms with Crippen LogP contribution in [-0.4, -0.2) is 39.1 Å². The lowest BCUT2D eigenvalue weighted by Crippen LogP contribution is -2.36. The number of likely N-dealkylation sites (tertiary alicyclic amines) is 1. The molecule has 0 aromatic carbocycles. The second-order valence-electron chi connectivity index (χ2n) is 6.58. The summed E-state index contributed by atoms with van der Waals surface area (Å²) in [7, 11) is 0. The van der Waals surface area contributed by atoms with Crippen LogP contribution in [-0.2, 0) is 6.42 Å². The molecule has 0 amide bonds. The van der Waals surface area contributed by atoms with E-state index >= 15 is 0 Å². The third kappa shape index (κ3) is 2.57. The Bertz CT molecular complexity index is 629. The van der Waals surface area contributed by atoms with Crippen molar-refractivity contribution in [1.82, 2.24) is 19.4 Å². The van der Waals surface area contributed by atoms with Crippen molar-refractivity contribution in [2.24, 2.45) is 5.92 Å². The first-order valence-corrected chi connectivity index (χ1v) is 8.39. The van der Waals surface area contributed by atoms with E-state index in [1.165, 1.54) is 51.1 Å². The first kappa shape index (κ1) is 13.3. The minimum absolute atomic E-state index is 0.658. The van der Waals surface area contributed by atoms with Crippen LogP contribution in [0.4, 0.5) is 0 Å². The molecule has 2 aromatic rings. The Morgan fingerprint density at radius 2 is 2.19 bits per heavy atom. The molecule has 3 heterocycles. The number of imidazole rings is 1. The van der Waals surface area contributed by atoms with Crippen LogP contribution < -0.4 is 0 Å². The van der Waals surface area contributed by atoms with Gasteiger partial charge in [-0.25, -0.2) is 9.97 Å². The lowest BCUT2D eigenvalue weighted by molar-refractivity contribution is 0.180. The topological polar surface area (TPSA) is 34.0 Å². The van der Waals surface area contributed by atoms with Crippen LogP contribution >= 0.6 is 0 Å². The molecule has 4 rings (SSSR count). The molecule has 1 unspecified atom stereocenters. The fourth-order valence-corrected chi connectivity index (χ4v) is 3.70. The van der Waals surface area contributed by atoms with Crippen LogP contribution in [0.5, 0.6) is 0 Å². The molecule has 2 fully saturated rings. The Balaban J connectivity index is 1.62. The van der Waals surface area contributed by atoms with Crippen molar-refractivity contribution >= 4 is 11.2 Å². The van der Waals surface area contributed by atoms with Crippen LogP contribution in [0, 0.1) is 5.92 Å². The highest BCUT2D eigenvalue weighted by Crippen LogP contribution is 2.38. The van der Waals surface area contributed by atoms with E-state index < -0.39 is 0 Å². The molecule has 1 saturated heterocycles. The Labute approximate surface area is 126 Å². The molecule has 1 aliphatic carbocycles. The van der Waals surface area contributed by atoms with E-state index in [-0.39, 0.29) is 0 Å². The Morgan fingerprint density at radius 3 is 3.00 bits per heavy atom. The quantitative estimate of drug-likeness (QED) is 0.865. The minimum atomic E-state index is 0.658. The molecule has 0 bridgehead atoms. The number of nitrogens with zero attached hydrogens (tertiary/aromatic N) is 4. The summed E-state index contributed by atoms with van der Waals surface area (Å²) in [6.07, 6.45) is 8.27. The SMILES string of the molecule is CCN1CCCC(Cc2nc3cccnc3n2C2CC2)C1. The maximum Gasteiger partial charge on any atom is 0.160 e. The van der Waals surface area contributed by atoms with Gasteiger partial charge in [-0.05, 0) is 56.8 Å². The van der Waals surface area contributed by atoms with Gasteiger partial charge in [0, 0.05) is 25.2 Å². The zero-order valence-corrected chi connectivity index (χ0v) is 12.8. The molecule has 4 heteroatoms. The highest BCUT2D eigenvalue weighted by molar-refractivity contribution is 5.71. The smallest absolute Gasteiger partial charge is 0.160 e. The molecule has 0 spiro atoms. The van der Waals surface area contributed by atoms with E-state index in [1.807, 2.05) is 12.3 Å². The van der Waals surface area contributed by atoms with E-state index in [2.05, 4.69) is 27.4 Å². The lowest BCUT2D eigenvalue weighted by atomic mass is 9.94. The highest BCUT2D eigenvalue weighted by Gasteiger charge is 2.30. The normalized spacial score (nSPS) is 23.8. The summed E-state index contributed by atoms with van der Waals surface area (Å²) in [4.78, 5) is 12.1. The van der Waals surface area contributed by atoms with Crippen molar-refractivity contribution in [3.8, 4) is 0 Å². The van der Waals surface area contributed by atoms with Crippen LogP contribution in [0.15, 0.2) is 18.3 Å². The summed E-state index contributed by atoms with van der Waals surface area (Å²) >= 11 is 0. The van der Waals surface area contributed by atoms with Crippen LogP contribution in [0.1, 0.15) is 44.5 Å². The predicted molar refractivity (Wildman–Crippen MR) is 84.3 cm³/mol. The second-order valence-corrected chi connectivity index (χ2v) is 6.58. The van der Waals surface area contributed by atoms with Crippen molar-refractivity contribution in [3.63, 3.8) is 0 Å². The summed E-state index contributed by atoms with van der Waals surface area (Å²) < 4.78 is 2.43. The Morgan fingerprint density at radius 1 is 1.29 bits per heavy atom. The monoisotopic (exact) mass is 284 g/mol. The largest absolute Gasteiger partial charge is 0.310 e. The molecule has 1 atom stereocenters. The van der Waals surface area contributed by atoms with E-state index in [4.69, 9.17) is 4.98 Å². The van der Waals surface area contributed by atoms with Gasteiger partial charge in [-0.3, -0.25) is 0 Å². The predicted octanol–water partition coefficient (Wildman–Crippen LogP) is 3.04. The van der Waals surface area contributed by atoms with Gasteiger partial charge in [0.15, 0.2) is 5.65 Å². The summed E-state index contributed by atoms with van der Waals surface area (Å²) in [5.41, 5.74) is 2.17. The molecular weight excluding hydrogens is 260 g/mol.